The maximum absolute atomic E-state index is 11.4. The molecular formula is C8H13ClN6O. The fourth-order valence-electron chi connectivity index (χ4n) is 0.940. The Kier molecular flexibility index (Phi) is 3.83. The minimum absolute atomic E-state index is 0.00616. The molecule has 88 valence electrons. The van der Waals surface area contributed by atoms with Gasteiger partial charge in [0.2, 0.25) is 23.1 Å². The van der Waals surface area contributed by atoms with E-state index in [4.69, 9.17) is 17.3 Å². The molecule has 0 radical (unpaired) electrons. The van der Waals surface area contributed by atoms with Gasteiger partial charge in [-0.25, -0.2) is 0 Å². The summed E-state index contributed by atoms with van der Waals surface area (Å²) < 4.78 is 0. The molecule has 0 atom stereocenters. The molecule has 0 aliphatic rings. The second kappa shape index (κ2) is 4.93. The molecule has 7 nitrogen and oxygen atoms in total. The number of hydrogen-bond donors (Lipinski definition) is 1. The Balaban J connectivity index is 2.80. The number of carbonyl (C=O) groups excluding carboxylic acids is 1. The Labute approximate surface area is 98.2 Å². The predicted octanol–water partition coefficient (Wildman–Crippen LogP) is -0.368. The molecular weight excluding hydrogens is 232 g/mol. The highest BCUT2D eigenvalue weighted by Gasteiger charge is 2.12. The fourth-order valence-corrected chi connectivity index (χ4v) is 1.10. The maximum atomic E-state index is 11.4. The van der Waals surface area contributed by atoms with Crippen LogP contribution in [0.5, 0.6) is 0 Å². The summed E-state index contributed by atoms with van der Waals surface area (Å²) in [6, 6.07) is 0. The van der Waals surface area contributed by atoms with Crippen molar-refractivity contribution in [3.63, 3.8) is 0 Å². The van der Waals surface area contributed by atoms with Crippen molar-refractivity contribution in [1.82, 2.24) is 19.9 Å². The van der Waals surface area contributed by atoms with Crippen LogP contribution in [-0.4, -0.2) is 53.4 Å². The van der Waals surface area contributed by atoms with E-state index in [2.05, 4.69) is 15.0 Å². The lowest BCUT2D eigenvalue weighted by Crippen LogP contribution is -2.35. The van der Waals surface area contributed by atoms with E-state index in [1.807, 2.05) is 0 Å². The van der Waals surface area contributed by atoms with Crippen molar-refractivity contribution in [3.8, 4) is 0 Å². The van der Waals surface area contributed by atoms with Crippen LogP contribution in [0.1, 0.15) is 0 Å². The zero-order valence-corrected chi connectivity index (χ0v) is 10.1. The van der Waals surface area contributed by atoms with Crippen molar-refractivity contribution in [3.05, 3.63) is 5.28 Å². The topological polar surface area (TPSA) is 88.2 Å². The molecule has 0 aliphatic carbocycles. The van der Waals surface area contributed by atoms with Gasteiger partial charge in [-0.1, -0.05) is 0 Å². The number of hydrogen-bond acceptors (Lipinski definition) is 6. The van der Waals surface area contributed by atoms with Crippen LogP contribution >= 0.6 is 11.6 Å². The molecule has 0 saturated carbocycles. The van der Waals surface area contributed by atoms with Gasteiger partial charge < -0.3 is 15.5 Å². The highest BCUT2D eigenvalue weighted by molar-refractivity contribution is 6.28. The van der Waals surface area contributed by atoms with E-state index in [1.165, 1.54) is 4.90 Å². The largest absolute Gasteiger partial charge is 0.368 e. The minimum atomic E-state index is -0.0717. The van der Waals surface area contributed by atoms with E-state index in [0.717, 1.165) is 0 Å². The molecule has 0 unspecified atom stereocenters. The van der Waals surface area contributed by atoms with Gasteiger partial charge >= 0.3 is 0 Å². The quantitative estimate of drug-likeness (QED) is 0.781. The number of nitrogens with zero attached hydrogens (tertiary/aromatic N) is 5. The molecule has 0 spiro atoms. The molecule has 1 aromatic heterocycles. The summed E-state index contributed by atoms with van der Waals surface area (Å²) in [6.07, 6.45) is 0. The molecule has 1 heterocycles. The summed E-state index contributed by atoms with van der Waals surface area (Å²) in [5.74, 6) is 0.226. The second-order valence-electron chi connectivity index (χ2n) is 3.41. The van der Waals surface area contributed by atoms with Crippen molar-refractivity contribution in [2.75, 3.05) is 38.3 Å². The van der Waals surface area contributed by atoms with Gasteiger partial charge in [-0.3, -0.25) is 4.79 Å². The summed E-state index contributed by atoms with van der Waals surface area (Å²) in [6.45, 7) is 0.146. The van der Waals surface area contributed by atoms with Crippen LogP contribution in [0.25, 0.3) is 0 Å². The molecule has 1 amide bonds. The van der Waals surface area contributed by atoms with Crippen LogP contribution in [-0.2, 0) is 4.79 Å². The van der Waals surface area contributed by atoms with Gasteiger partial charge in [0, 0.05) is 21.1 Å². The van der Waals surface area contributed by atoms with Crippen molar-refractivity contribution < 1.29 is 4.79 Å². The predicted molar refractivity (Wildman–Crippen MR) is 61.2 cm³/mol. The van der Waals surface area contributed by atoms with Crippen LogP contribution in [0.4, 0.5) is 11.9 Å². The average molecular weight is 245 g/mol. The van der Waals surface area contributed by atoms with E-state index in [-0.39, 0.29) is 29.6 Å². The van der Waals surface area contributed by atoms with Gasteiger partial charge in [-0.05, 0) is 11.6 Å². The van der Waals surface area contributed by atoms with Crippen LogP contribution in [0.2, 0.25) is 5.28 Å². The van der Waals surface area contributed by atoms with Gasteiger partial charge in [0.15, 0.2) is 0 Å². The molecule has 2 N–H and O–H groups in total. The Morgan fingerprint density at radius 3 is 2.44 bits per heavy atom. The highest BCUT2D eigenvalue weighted by atomic mass is 35.5. The van der Waals surface area contributed by atoms with Crippen LogP contribution in [0, 0.1) is 0 Å². The highest BCUT2D eigenvalue weighted by Crippen LogP contribution is 2.10. The van der Waals surface area contributed by atoms with Gasteiger partial charge in [0.05, 0.1) is 6.54 Å². The van der Waals surface area contributed by atoms with Crippen LogP contribution in [0.3, 0.4) is 0 Å². The monoisotopic (exact) mass is 244 g/mol. The van der Waals surface area contributed by atoms with Gasteiger partial charge in [-0.2, -0.15) is 15.0 Å². The standard InChI is InChI=1S/C8H13ClN6O/c1-14(2)5(16)4-15(3)8-12-6(9)11-7(10)13-8/h4H2,1-3H3,(H2,10,11,12,13). The van der Waals surface area contributed by atoms with Crippen molar-refractivity contribution in [1.29, 1.82) is 0 Å². The molecule has 0 bridgehead atoms. The first-order valence-electron chi connectivity index (χ1n) is 4.48. The number of amides is 1. The van der Waals surface area contributed by atoms with Crippen molar-refractivity contribution in [2.24, 2.45) is 0 Å². The number of likely N-dealkylation sites (N-methyl/N-ethyl adjacent to an activating group) is 2. The van der Waals surface area contributed by atoms with Crippen molar-refractivity contribution in [2.45, 2.75) is 0 Å². The third-order valence-electron chi connectivity index (χ3n) is 1.83. The number of anilines is 2. The first kappa shape index (κ1) is 12.4. The molecule has 8 heteroatoms. The Morgan fingerprint density at radius 2 is 1.94 bits per heavy atom. The lowest BCUT2D eigenvalue weighted by Gasteiger charge is -2.18. The first-order chi connectivity index (χ1) is 7.40. The fraction of sp³-hybridized carbons (Fsp3) is 0.500. The van der Waals surface area contributed by atoms with E-state index in [0.29, 0.717) is 0 Å². The molecule has 1 rings (SSSR count). The van der Waals surface area contributed by atoms with Crippen LogP contribution in [0.15, 0.2) is 0 Å². The molecule has 0 fully saturated rings. The molecule has 0 aromatic carbocycles. The molecule has 1 aromatic rings. The lowest BCUT2D eigenvalue weighted by atomic mass is 10.5. The van der Waals surface area contributed by atoms with Gasteiger partial charge in [0.1, 0.15) is 0 Å². The number of carbonyl (C=O) groups is 1. The Morgan fingerprint density at radius 1 is 1.31 bits per heavy atom. The minimum Gasteiger partial charge on any atom is -0.368 e. The molecule has 0 aliphatic heterocycles. The summed E-state index contributed by atoms with van der Waals surface area (Å²) in [4.78, 5) is 25.8. The van der Waals surface area contributed by atoms with Crippen LogP contribution < -0.4 is 10.6 Å². The lowest BCUT2D eigenvalue weighted by molar-refractivity contribution is -0.127. The summed E-state index contributed by atoms with van der Waals surface area (Å²) >= 11 is 5.63. The molecule has 0 saturated heterocycles. The smallest absolute Gasteiger partial charge is 0.241 e. The third-order valence-corrected chi connectivity index (χ3v) is 2.00. The van der Waals surface area contributed by atoms with E-state index in [9.17, 15) is 4.79 Å². The second-order valence-corrected chi connectivity index (χ2v) is 3.74. The van der Waals surface area contributed by atoms with E-state index in [1.54, 1.807) is 26.0 Å². The third kappa shape index (κ3) is 3.20. The number of aromatic nitrogens is 3. The molecule has 16 heavy (non-hydrogen) atoms. The van der Waals surface area contributed by atoms with Gasteiger partial charge in [-0.15, -0.1) is 0 Å². The first-order valence-corrected chi connectivity index (χ1v) is 4.86. The summed E-state index contributed by atoms with van der Waals surface area (Å²) in [5, 5.41) is 0.00616. The number of halogens is 1. The SMILES string of the molecule is CN(C)C(=O)CN(C)c1nc(N)nc(Cl)n1. The number of nitrogens with two attached hydrogens (primary N) is 1. The zero-order chi connectivity index (χ0) is 12.3. The average Bonchev–Trinajstić information content (AvgIpc) is 2.15. The Bertz CT molecular complexity index is 376. The van der Waals surface area contributed by atoms with Gasteiger partial charge in [0.25, 0.3) is 0 Å². The van der Waals surface area contributed by atoms with E-state index >= 15 is 0 Å². The summed E-state index contributed by atoms with van der Waals surface area (Å²) in [5.41, 5.74) is 5.42. The number of nitrogen functional groups attached to an aromatic ring is 1. The number of rotatable bonds is 3. The Hall–Kier alpha value is -1.63. The summed E-state index contributed by atoms with van der Waals surface area (Å²) in [7, 11) is 5.02. The van der Waals surface area contributed by atoms with Crippen molar-refractivity contribution >= 4 is 29.4 Å². The maximum Gasteiger partial charge on any atom is 0.241 e. The normalized spacial score (nSPS) is 10.0. The van der Waals surface area contributed by atoms with E-state index < -0.39 is 0 Å². The zero-order valence-electron chi connectivity index (χ0n) is 9.31.